The quantitative estimate of drug-likeness (QED) is 0.0546. The number of nitrogens with zero attached hydrogens (tertiary/aromatic N) is 4. The number of hydrogen-bond donors (Lipinski definition) is 3. The normalized spacial score (nSPS) is 18.7. The average Bonchev–Trinajstić information content (AvgIpc) is 4.08. The molecule has 0 unspecified atom stereocenters. The highest BCUT2D eigenvalue weighted by Gasteiger charge is 2.44. The lowest BCUT2D eigenvalue weighted by Gasteiger charge is -2.41. The molecule has 0 saturated carbocycles. The van der Waals surface area contributed by atoms with Crippen LogP contribution in [-0.4, -0.2) is 162 Å². The third kappa shape index (κ3) is 18.8. The van der Waals surface area contributed by atoms with Crippen LogP contribution in [0.1, 0.15) is 163 Å². The summed E-state index contributed by atoms with van der Waals surface area (Å²) >= 11 is 0. The Balaban J connectivity index is 1.39. The molecule has 0 aliphatic carbocycles. The molecular weight excluding hydrogens is 981 g/mol. The van der Waals surface area contributed by atoms with Gasteiger partial charge in [-0.15, -0.1) is 0 Å². The van der Waals surface area contributed by atoms with E-state index in [1.807, 2.05) is 77.0 Å². The van der Waals surface area contributed by atoms with Gasteiger partial charge in [-0.3, -0.25) is 43.3 Å². The van der Waals surface area contributed by atoms with Gasteiger partial charge in [-0.25, -0.2) is 5.06 Å². The van der Waals surface area contributed by atoms with Crippen molar-refractivity contribution in [2.24, 2.45) is 41.2 Å². The highest BCUT2D eigenvalue weighted by Crippen LogP contribution is 2.33. The predicted octanol–water partition coefficient (Wildman–Crippen LogP) is 8.44. The van der Waals surface area contributed by atoms with Crippen LogP contribution in [0.3, 0.4) is 0 Å². The number of carbonyl (C=O) groups excluding carboxylic acids is 6. The van der Waals surface area contributed by atoms with Gasteiger partial charge in [0.2, 0.25) is 17.7 Å². The van der Waals surface area contributed by atoms with Crippen LogP contribution in [0.4, 0.5) is 0 Å². The average molecular weight is 1080 g/mol. The molecular formula is C60H98N6O11. The summed E-state index contributed by atoms with van der Waals surface area (Å²) in [5, 5.41) is 11.4. The minimum atomic E-state index is -1.00. The standard InChI is InChI=1S/C60H98N6O11/c1-12-41(6)56(64(9)59(72)47(39(2)3)36-52(69)55(40(4)5)63(8)30-20-14-16-25-45(67)24-15-13-17-27-48(61)60(73)74)53(75-10)37-54(70)65-31-23-29-50(65)57(76-11)42(7)51(68)35-43(58(71)66-32-21-22-33-77-66)34-44-38-62-49-28-19-18-26-46(44)49/h18-19,26,28,38-43,47-48,50,53,55-57,62H,12-17,20-25,27,29-37,61H2,1-11H3,(H,73,74)/t41-,42-,43+,47-,48-,50-,53+,55-,56-,57+/m0/s1. The second-order valence-electron chi connectivity index (χ2n) is 23.1. The maximum absolute atomic E-state index is 14.8. The van der Waals surface area contributed by atoms with Gasteiger partial charge in [0.15, 0.2) is 5.78 Å². The van der Waals surface area contributed by atoms with Gasteiger partial charge >= 0.3 is 5.97 Å². The van der Waals surface area contributed by atoms with E-state index in [1.165, 1.54) is 5.06 Å². The summed E-state index contributed by atoms with van der Waals surface area (Å²) in [7, 11) is 6.88. The Morgan fingerprint density at radius 2 is 1.52 bits per heavy atom. The fraction of sp³-hybridized carbons (Fsp3) is 0.750. The molecule has 17 nitrogen and oxygen atoms in total. The van der Waals surface area contributed by atoms with Gasteiger partial charge in [0.25, 0.3) is 0 Å². The van der Waals surface area contributed by atoms with Gasteiger partial charge in [0.05, 0.1) is 49.3 Å². The largest absolute Gasteiger partial charge is 0.480 e. The second kappa shape index (κ2) is 32.5. The molecule has 1 aromatic heterocycles. The Morgan fingerprint density at radius 3 is 2.13 bits per heavy atom. The maximum atomic E-state index is 14.8. The molecule has 0 bridgehead atoms. The molecule has 2 aliphatic heterocycles. The van der Waals surface area contributed by atoms with E-state index in [4.69, 9.17) is 25.2 Å². The Hall–Kier alpha value is -4.55. The number of nitrogens with one attached hydrogen (secondary N) is 1. The summed E-state index contributed by atoms with van der Waals surface area (Å²) in [5.41, 5.74) is 7.49. The number of rotatable bonds is 36. The number of amides is 3. The van der Waals surface area contributed by atoms with E-state index in [9.17, 15) is 33.6 Å². The Morgan fingerprint density at radius 1 is 0.831 bits per heavy atom. The third-order valence-corrected chi connectivity index (χ3v) is 16.8. The monoisotopic (exact) mass is 1080 g/mol. The predicted molar refractivity (Wildman–Crippen MR) is 300 cm³/mol. The molecule has 4 rings (SSSR count). The summed E-state index contributed by atoms with van der Waals surface area (Å²) in [6.45, 7) is 16.0. The first-order valence-corrected chi connectivity index (χ1v) is 29.0. The van der Waals surface area contributed by atoms with Crippen LogP contribution in [0.15, 0.2) is 30.5 Å². The van der Waals surface area contributed by atoms with E-state index < -0.39 is 60.1 Å². The Labute approximate surface area is 460 Å². The van der Waals surface area contributed by atoms with Gasteiger partial charge in [-0.05, 0) is 101 Å². The Bertz CT molecular complexity index is 2190. The van der Waals surface area contributed by atoms with Crippen LogP contribution in [0.2, 0.25) is 0 Å². The van der Waals surface area contributed by atoms with E-state index in [-0.39, 0.29) is 72.1 Å². The SMILES string of the molecule is CC[C@H](C)[C@@H]([C@@H](CC(=O)N1CCC[C@H]1[C@H](OC)[C@@H](C)C(=O)C[C@@H](Cc1c[nH]c2ccccc12)C(=O)N1CCCCO1)OC)N(C)C(=O)[C@@H](CC(=O)[C@H](C(C)C)N(C)CCCCCC(=O)CCCCC[C@H](N)C(=O)O)C(C)C. The number of likely N-dealkylation sites (N-methyl/N-ethyl adjacent to an activating group) is 2. The molecule has 77 heavy (non-hydrogen) atoms. The van der Waals surface area contributed by atoms with Crippen LogP contribution in [0.25, 0.3) is 10.9 Å². The minimum absolute atomic E-state index is 0.000834. The van der Waals surface area contributed by atoms with Gasteiger partial charge in [-0.2, -0.15) is 0 Å². The molecule has 3 heterocycles. The minimum Gasteiger partial charge on any atom is -0.480 e. The van der Waals surface area contributed by atoms with Gasteiger partial charge in [-0.1, -0.05) is 92.3 Å². The zero-order valence-electron chi connectivity index (χ0n) is 48.8. The molecule has 2 aromatic rings. The number of ether oxygens (including phenoxy) is 2. The highest BCUT2D eigenvalue weighted by atomic mass is 16.7. The number of aromatic nitrogens is 1. The molecule has 2 aliphatic rings. The zero-order valence-corrected chi connectivity index (χ0v) is 48.8. The summed E-state index contributed by atoms with van der Waals surface area (Å²) in [5.74, 6) is -3.52. The number of unbranched alkanes of at least 4 members (excludes halogenated alkanes) is 4. The van der Waals surface area contributed by atoms with Crippen LogP contribution in [0, 0.1) is 35.5 Å². The molecule has 0 spiro atoms. The number of carboxylic acids is 1. The number of Topliss-reactive ketones (excluding diaryl/α,β-unsaturated/α-hetero) is 3. The van der Waals surface area contributed by atoms with E-state index in [1.54, 1.807) is 26.2 Å². The number of carboxylic acid groups (broad SMARTS) is 1. The summed E-state index contributed by atoms with van der Waals surface area (Å²) in [6.07, 6.45) is 10.8. The fourth-order valence-electron chi connectivity index (χ4n) is 12.0. The lowest BCUT2D eigenvalue weighted by Crippen LogP contribution is -2.54. The summed E-state index contributed by atoms with van der Waals surface area (Å²) < 4.78 is 12.3. The molecule has 0 radical (unpaired) electrons. The topological polar surface area (TPSA) is 222 Å². The number of hydrogen-bond acceptors (Lipinski definition) is 12. The molecule has 10 atom stereocenters. The Kier molecular flexibility index (Phi) is 27.4. The molecule has 4 N–H and O–H groups in total. The summed E-state index contributed by atoms with van der Waals surface area (Å²) in [4.78, 5) is 110. The number of hydroxylamine groups is 2. The number of methoxy groups -OCH3 is 2. The van der Waals surface area contributed by atoms with E-state index in [0.717, 1.165) is 67.8 Å². The third-order valence-electron chi connectivity index (χ3n) is 16.8. The highest BCUT2D eigenvalue weighted by molar-refractivity contribution is 5.91. The van der Waals surface area contributed by atoms with Crippen molar-refractivity contribution in [1.82, 2.24) is 24.7 Å². The molecule has 3 amide bonds. The smallest absolute Gasteiger partial charge is 0.320 e. The van der Waals surface area contributed by atoms with Crippen molar-refractivity contribution >= 4 is 51.9 Å². The van der Waals surface area contributed by atoms with Crippen molar-refractivity contribution in [2.75, 3.05) is 54.6 Å². The molecule has 434 valence electrons. The lowest BCUT2D eigenvalue weighted by molar-refractivity contribution is -0.201. The van der Waals surface area contributed by atoms with E-state index in [2.05, 4.69) is 23.7 Å². The number of likely N-dealkylation sites (tertiary alicyclic amines) is 1. The van der Waals surface area contributed by atoms with Gasteiger partial charge in [0.1, 0.15) is 17.6 Å². The fourth-order valence-corrected chi connectivity index (χ4v) is 12.0. The number of carbonyl (C=O) groups is 7. The second-order valence-corrected chi connectivity index (χ2v) is 23.1. The van der Waals surface area contributed by atoms with Crippen molar-refractivity contribution in [3.63, 3.8) is 0 Å². The van der Waals surface area contributed by atoms with Crippen molar-refractivity contribution in [3.8, 4) is 0 Å². The van der Waals surface area contributed by atoms with Gasteiger partial charge in [0, 0.05) is 89.0 Å². The number of ketones is 3. The number of nitrogens with two attached hydrogens (primary N) is 1. The van der Waals surface area contributed by atoms with Crippen molar-refractivity contribution in [3.05, 3.63) is 36.0 Å². The summed E-state index contributed by atoms with van der Waals surface area (Å²) in [6, 6.07) is 5.79. The number of H-pyrrole nitrogens is 1. The molecule has 2 saturated heterocycles. The van der Waals surface area contributed by atoms with Crippen molar-refractivity contribution < 1.29 is 53.0 Å². The first-order valence-electron chi connectivity index (χ1n) is 29.0. The van der Waals surface area contributed by atoms with Crippen LogP contribution >= 0.6 is 0 Å². The number of aliphatic carboxylic acids is 1. The van der Waals surface area contributed by atoms with Crippen molar-refractivity contribution in [1.29, 1.82) is 0 Å². The van der Waals surface area contributed by atoms with Crippen molar-refractivity contribution in [2.45, 2.75) is 200 Å². The maximum Gasteiger partial charge on any atom is 0.320 e. The number of benzene rings is 1. The van der Waals surface area contributed by atoms with Crippen LogP contribution < -0.4 is 5.73 Å². The van der Waals surface area contributed by atoms with Crippen LogP contribution in [-0.2, 0) is 54.3 Å². The van der Waals surface area contributed by atoms with E-state index in [0.29, 0.717) is 71.2 Å². The van der Waals surface area contributed by atoms with Crippen LogP contribution in [0.5, 0.6) is 0 Å². The van der Waals surface area contributed by atoms with E-state index >= 15 is 0 Å². The molecule has 1 aromatic carbocycles. The molecule has 2 fully saturated rings. The first-order chi connectivity index (χ1) is 36.7. The number of para-hydroxylation sites is 1. The number of fused-ring (bicyclic) bond motifs is 1. The number of aromatic amines is 1. The zero-order chi connectivity index (χ0) is 56.9. The first kappa shape index (κ1) is 65.0. The lowest BCUT2D eigenvalue weighted by atomic mass is 9.83. The molecule has 17 heteroatoms. The van der Waals surface area contributed by atoms with Gasteiger partial charge < -0.3 is 35.1 Å².